The van der Waals surface area contributed by atoms with Crippen molar-refractivity contribution in [2.45, 2.75) is 70.5 Å². The lowest BCUT2D eigenvalue weighted by atomic mass is 10.0. The van der Waals surface area contributed by atoms with Crippen molar-refractivity contribution in [2.75, 3.05) is 19.6 Å². The Bertz CT molecular complexity index is 583. The first kappa shape index (κ1) is 24.8. The normalized spacial score (nSPS) is 18.4. The molecule has 3 amide bonds. The highest BCUT2D eigenvalue weighted by atomic mass is 16.4. The van der Waals surface area contributed by atoms with Crippen LogP contribution >= 0.6 is 0 Å². The molecular weight excluding hydrogens is 378 g/mol. The molecule has 10 heteroatoms. The van der Waals surface area contributed by atoms with Crippen molar-refractivity contribution in [3.8, 4) is 0 Å². The maximum Gasteiger partial charge on any atom is 0.326 e. The van der Waals surface area contributed by atoms with Gasteiger partial charge in [-0.3, -0.25) is 14.4 Å². The first-order chi connectivity index (χ1) is 13.7. The molecule has 0 aliphatic carbocycles. The minimum absolute atomic E-state index is 0.0944. The molecule has 1 fully saturated rings. The summed E-state index contributed by atoms with van der Waals surface area (Å²) in [5.41, 5.74) is 10.8. The molecule has 0 aromatic rings. The molecule has 7 N–H and O–H groups in total. The van der Waals surface area contributed by atoms with E-state index in [1.807, 2.05) is 13.8 Å². The lowest BCUT2D eigenvalue weighted by Crippen LogP contribution is -2.56. The Morgan fingerprint density at radius 2 is 1.79 bits per heavy atom. The zero-order valence-electron chi connectivity index (χ0n) is 17.4. The van der Waals surface area contributed by atoms with Crippen molar-refractivity contribution in [3.05, 3.63) is 0 Å². The molecular formula is C19H35N5O5. The second-order valence-corrected chi connectivity index (χ2v) is 7.82. The highest BCUT2D eigenvalue weighted by molar-refractivity contribution is 5.93. The Labute approximate surface area is 171 Å². The Kier molecular flexibility index (Phi) is 10.6. The van der Waals surface area contributed by atoms with Gasteiger partial charge in [-0.25, -0.2) is 4.79 Å². The molecule has 0 bridgehead atoms. The lowest BCUT2D eigenvalue weighted by Gasteiger charge is -2.27. The van der Waals surface area contributed by atoms with E-state index < -0.39 is 35.9 Å². The van der Waals surface area contributed by atoms with Crippen molar-refractivity contribution >= 4 is 23.7 Å². The van der Waals surface area contributed by atoms with Crippen molar-refractivity contribution < 1.29 is 24.3 Å². The van der Waals surface area contributed by atoms with Crippen molar-refractivity contribution in [3.63, 3.8) is 0 Å². The first-order valence-corrected chi connectivity index (χ1v) is 10.2. The van der Waals surface area contributed by atoms with Gasteiger partial charge in [0, 0.05) is 6.54 Å². The molecule has 1 saturated heterocycles. The van der Waals surface area contributed by atoms with Crippen LogP contribution in [0.25, 0.3) is 0 Å². The topological polar surface area (TPSA) is 168 Å². The van der Waals surface area contributed by atoms with E-state index in [1.54, 1.807) is 0 Å². The number of carboxylic acid groups (broad SMARTS) is 1. The van der Waals surface area contributed by atoms with Crippen molar-refractivity contribution in [2.24, 2.45) is 17.4 Å². The third-order valence-electron chi connectivity index (χ3n) is 4.95. The van der Waals surface area contributed by atoms with Gasteiger partial charge < -0.3 is 32.1 Å². The van der Waals surface area contributed by atoms with Crippen LogP contribution in [0.15, 0.2) is 0 Å². The van der Waals surface area contributed by atoms with E-state index in [0.29, 0.717) is 45.2 Å². The van der Waals surface area contributed by atoms with Crippen LogP contribution in [0.1, 0.15) is 52.4 Å². The average molecular weight is 414 g/mol. The number of carbonyl (C=O) groups is 4. The van der Waals surface area contributed by atoms with Gasteiger partial charge in [0.15, 0.2) is 0 Å². The molecule has 0 saturated carbocycles. The van der Waals surface area contributed by atoms with Crippen LogP contribution in [0.3, 0.4) is 0 Å². The fraction of sp³-hybridized carbons (Fsp3) is 0.789. The number of likely N-dealkylation sites (tertiary alicyclic amines) is 1. The molecule has 0 radical (unpaired) electrons. The molecule has 1 rings (SSSR count). The van der Waals surface area contributed by atoms with Gasteiger partial charge in [0.2, 0.25) is 17.7 Å². The Morgan fingerprint density at radius 1 is 1.10 bits per heavy atom. The van der Waals surface area contributed by atoms with Crippen LogP contribution in [-0.4, -0.2) is 71.5 Å². The monoisotopic (exact) mass is 413 g/mol. The first-order valence-electron chi connectivity index (χ1n) is 10.2. The van der Waals surface area contributed by atoms with Crippen LogP contribution < -0.4 is 22.1 Å². The molecule has 10 nitrogen and oxygen atoms in total. The number of unbranched alkanes of at least 4 members (excludes halogenated alkanes) is 1. The maximum atomic E-state index is 12.7. The van der Waals surface area contributed by atoms with Crippen molar-refractivity contribution in [1.82, 2.24) is 15.5 Å². The maximum absolute atomic E-state index is 12.7. The highest BCUT2D eigenvalue weighted by Gasteiger charge is 2.36. The van der Waals surface area contributed by atoms with Gasteiger partial charge in [0.05, 0.1) is 6.54 Å². The molecule has 29 heavy (non-hydrogen) atoms. The summed E-state index contributed by atoms with van der Waals surface area (Å²) >= 11 is 0. The van der Waals surface area contributed by atoms with Gasteiger partial charge in [-0.05, 0) is 51.0 Å². The molecule has 0 aromatic carbocycles. The van der Waals surface area contributed by atoms with Gasteiger partial charge in [-0.2, -0.15) is 0 Å². The summed E-state index contributed by atoms with van der Waals surface area (Å²) in [5.74, 6) is -2.29. The van der Waals surface area contributed by atoms with Gasteiger partial charge in [0.25, 0.3) is 0 Å². The number of amides is 3. The largest absolute Gasteiger partial charge is 0.480 e. The van der Waals surface area contributed by atoms with Crippen LogP contribution in [-0.2, 0) is 19.2 Å². The summed E-state index contributed by atoms with van der Waals surface area (Å²) < 4.78 is 0. The van der Waals surface area contributed by atoms with E-state index in [2.05, 4.69) is 10.6 Å². The summed E-state index contributed by atoms with van der Waals surface area (Å²) in [6.07, 6.45) is 3.05. The van der Waals surface area contributed by atoms with E-state index in [1.165, 1.54) is 4.90 Å². The van der Waals surface area contributed by atoms with Crippen LogP contribution in [0, 0.1) is 5.92 Å². The standard InChI is InChI=1S/C19H35N5O5/c1-12(2)10-14(17(26)22-13(19(28)29)6-3-4-8-20)23-18(27)15-7-5-9-24(15)16(25)11-21/h12-15H,3-11,20-21H2,1-2H3,(H,22,26)(H,23,27)(H,28,29). The smallest absolute Gasteiger partial charge is 0.326 e. The molecule has 3 unspecified atom stereocenters. The van der Waals surface area contributed by atoms with Crippen LogP contribution in [0.4, 0.5) is 0 Å². The summed E-state index contributed by atoms with van der Waals surface area (Å²) in [4.78, 5) is 50.3. The zero-order valence-corrected chi connectivity index (χ0v) is 17.4. The summed E-state index contributed by atoms with van der Waals surface area (Å²) in [5, 5.41) is 14.6. The number of hydrogen-bond donors (Lipinski definition) is 5. The van der Waals surface area contributed by atoms with Crippen LogP contribution in [0.5, 0.6) is 0 Å². The SMILES string of the molecule is CC(C)CC(NC(=O)C1CCCN1C(=O)CN)C(=O)NC(CCCCN)C(=O)O. The van der Waals surface area contributed by atoms with Crippen molar-refractivity contribution in [1.29, 1.82) is 0 Å². The number of carboxylic acids is 1. The predicted octanol–water partition coefficient (Wildman–Crippen LogP) is -0.835. The summed E-state index contributed by atoms with van der Waals surface area (Å²) in [7, 11) is 0. The fourth-order valence-corrected chi connectivity index (χ4v) is 3.45. The van der Waals surface area contributed by atoms with Gasteiger partial charge in [-0.1, -0.05) is 13.8 Å². The fourth-order valence-electron chi connectivity index (χ4n) is 3.45. The summed E-state index contributed by atoms with van der Waals surface area (Å²) in [6, 6.07) is -2.58. The predicted molar refractivity (Wildman–Crippen MR) is 108 cm³/mol. The van der Waals surface area contributed by atoms with E-state index in [9.17, 15) is 24.3 Å². The van der Waals surface area contributed by atoms with Gasteiger partial charge in [0.1, 0.15) is 18.1 Å². The third-order valence-corrected chi connectivity index (χ3v) is 4.95. The second kappa shape index (κ2) is 12.4. The Morgan fingerprint density at radius 3 is 2.34 bits per heavy atom. The van der Waals surface area contributed by atoms with E-state index in [0.717, 1.165) is 0 Å². The van der Waals surface area contributed by atoms with Gasteiger partial charge >= 0.3 is 5.97 Å². The number of aliphatic carboxylic acids is 1. The molecule has 0 aromatic heterocycles. The molecule has 1 aliphatic rings. The number of carbonyl (C=O) groups excluding carboxylic acids is 3. The lowest BCUT2D eigenvalue weighted by molar-refractivity contribution is -0.143. The quantitative estimate of drug-likeness (QED) is 0.260. The minimum atomic E-state index is -1.12. The van der Waals surface area contributed by atoms with Gasteiger partial charge in [-0.15, -0.1) is 0 Å². The Balaban J connectivity index is 2.81. The Hall–Kier alpha value is -2.20. The number of nitrogens with zero attached hydrogens (tertiary/aromatic N) is 1. The summed E-state index contributed by atoms with van der Waals surface area (Å²) in [6.45, 7) is 4.54. The van der Waals surface area contributed by atoms with E-state index >= 15 is 0 Å². The molecule has 1 heterocycles. The number of nitrogens with one attached hydrogen (secondary N) is 2. The van der Waals surface area contributed by atoms with E-state index in [4.69, 9.17) is 11.5 Å². The van der Waals surface area contributed by atoms with Crippen LogP contribution in [0.2, 0.25) is 0 Å². The zero-order chi connectivity index (χ0) is 22.0. The minimum Gasteiger partial charge on any atom is -0.480 e. The molecule has 166 valence electrons. The number of hydrogen-bond acceptors (Lipinski definition) is 6. The van der Waals surface area contributed by atoms with E-state index in [-0.39, 0.29) is 24.8 Å². The molecule has 1 aliphatic heterocycles. The second-order valence-electron chi connectivity index (χ2n) is 7.82. The number of rotatable bonds is 12. The molecule has 3 atom stereocenters. The third kappa shape index (κ3) is 7.98. The average Bonchev–Trinajstić information content (AvgIpc) is 3.15. The number of nitrogens with two attached hydrogens (primary N) is 2. The highest BCUT2D eigenvalue weighted by Crippen LogP contribution is 2.18. The molecule has 0 spiro atoms.